The van der Waals surface area contributed by atoms with Gasteiger partial charge in [-0.1, -0.05) is 12.1 Å². The molecule has 132 valence electrons. The zero-order valence-electron chi connectivity index (χ0n) is 14.4. The van der Waals surface area contributed by atoms with Crippen molar-refractivity contribution in [1.82, 2.24) is 0 Å². The summed E-state index contributed by atoms with van der Waals surface area (Å²) in [5, 5.41) is 0. The van der Waals surface area contributed by atoms with E-state index in [0.29, 0.717) is 22.8 Å². The normalized spacial score (nSPS) is 11.3. The Labute approximate surface area is 146 Å². The summed E-state index contributed by atoms with van der Waals surface area (Å²) >= 11 is 0. The van der Waals surface area contributed by atoms with Crippen LogP contribution in [0.1, 0.15) is 17.3 Å². The number of ether oxygens (including phenoxy) is 4. The highest BCUT2D eigenvalue weighted by Crippen LogP contribution is 2.25. The standard InChI is InChI=1S/C19H20O6/c1-13(19(21)14-8-10-15(22-2)11-9-14)25-18(20)12-24-17-7-5-4-6-16(17)23-3/h4-11,13H,12H2,1-3H3/t13-/m1/s1. The Morgan fingerprint density at radius 1 is 0.920 bits per heavy atom. The maximum atomic E-state index is 12.3. The zero-order chi connectivity index (χ0) is 18.2. The van der Waals surface area contributed by atoms with E-state index in [1.54, 1.807) is 55.6 Å². The van der Waals surface area contributed by atoms with Crippen LogP contribution in [0.15, 0.2) is 48.5 Å². The van der Waals surface area contributed by atoms with Crippen LogP contribution in [0.25, 0.3) is 0 Å². The molecule has 0 aromatic heterocycles. The molecule has 0 radical (unpaired) electrons. The van der Waals surface area contributed by atoms with Gasteiger partial charge >= 0.3 is 5.97 Å². The van der Waals surface area contributed by atoms with E-state index in [1.165, 1.54) is 14.0 Å². The molecule has 0 amide bonds. The van der Waals surface area contributed by atoms with E-state index in [-0.39, 0.29) is 12.4 Å². The zero-order valence-corrected chi connectivity index (χ0v) is 14.4. The van der Waals surface area contributed by atoms with E-state index in [4.69, 9.17) is 18.9 Å². The average Bonchev–Trinajstić information content (AvgIpc) is 2.66. The molecule has 0 heterocycles. The van der Waals surface area contributed by atoms with Crippen LogP contribution in [0.3, 0.4) is 0 Å². The minimum atomic E-state index is -0.915. The summed E-state index contributed by atoms with van der Waals surface area (Å²) in [5.74, 6) is 0.647. The van der Waals surface area contributed by atoms with E-state index in [0.717, 1.165) is 0 Å². The minimum absolute atomic E-state index is 0.298. The molecule has 0 aliphatic carbocycles. The van der Waals surface area contributed by atoms with E-state index in [9.17, 15) is 9.59 Å². The van der Waals surface area contributed by atoms with Gasteiger partial charge in [0.15, 0.2) is 24.2 Å². The second-order valence-corrected chi connectivity index (χ2v) is 5.16. The lowest BCUT2D eigenvalue weighted by atomic mass is 10.1. The van der Waals surface area contributed by atoms with Gasteiger partial charge in [0.25, 0.3) is 0 Å². The van der Waals surface area contributed by atoms with Crippen molar-refractivity contribution in [2.24, 2.45) is 0 Å². The van der Waals surface area contributed by atoms with Gasteiger partial charge in [-0.2, -0.15) is 0 Å². The molecule has 2 aromatic rings. The number of carbonyl (C=O) groups is 2. The Morgan fingerprint density at radius 3 is 2.16 bits per heavy atom. The largest absolute Gasteiger partial charge is 0.497 e. The molecule has 6 nitrogen and oxygen atoms in total. The Hall–Kier alpha value is -3.02. The van der Waals surface area contributed by atoms with Crippen molar-refractivity contribution in [2.45, 2.75) is 13.0 Å². The molecule has 0 spiro atoms. The molecule has 0 saturated heterocycles. The molecule has 0 bridgehead atoms. The lowest BCUT2D eigenvalue weighted by Crippen LogP contribution is -2.27. The topological polar surface area (TPSA) is 71.1 Å². The van der Waals surface area contributed by atoms with Gasteiger partial charge in [0.1, 0.15) is 5.75 Å². The fourth-order valence-corrected chi connectivity index (χ4v) is 2.15. The molecule has 25 heavy (non-hydrogen) atoms. The lowest BCUT2D eigenvalue weighted by molar-refractivity contribution is -0.148. The molecule has 0 saturated carbocycles. The third-order valence-electron chi connectivity index (χ3n) is 3.47. The number of esters is 1. The highest BCUT2D eigenvalue weighted by atomic mass is 16.6. The van der Waals surface area contributed by atoms with Crippen LogP contribution >= 0.6 is 0 Å². The summed E-state index contributed by atoms with van der Waals surface area (Å²) in [6.45, 7) is 1.20. The molecule has 2 rings (SSSR count). The number of ketones is 1. The summed E-state index contributed by atoms with van der Waals surface area (Å²) < 4.78 is 20.7. The Bertz CT molecular complexity index is 723. The molecule has 0 fully saturated rings. The number of para-hydroxylation sites is 2. The quantitative estimate of drug-likeness (QED) is 0.542. The van der Waals surface area contributed by atoms with Crippen LogP contribution in [0.2, 0.25) is 0 Å². The van der Waals surface area contributed by atoms with Crippen molar-refractivity contribution in [3.63, 3.8) is 0 Å². The van der Waals surface area contributed by atoms with Gasteiger partial charge in [0.05, 0.1) is 14.2 Å². The van der Waals surface area contributed by atoms with Crippen molar-refractivity contribution in [3.05, 3.63) is 54.1 Å². The second-order valence-electron chi connectivity index (χ2n) is 5.16. The van der Waals surface area contributed by atoms with E-state index < -0.39 is 12.1 Å². The Kier molecular flexibility index (Phi) is 6.39. The Morgan fingerprint density at radius 2 is 1.56 bits per heavy atom. The number of carbonyl (C=O) groups excluding carboxylic acids is 2. The maximum Gasteiger partial charge on any atom is 0.344 e. The summed E-state index contributed by atoms with van der Waals surface area (Å²) in [5.41, 5.74) is 0.437. The predicted molar refractivity (Wildman–Crippen MR) is 91.4 cm³/mol. The maximum absolute atomic E-state index is 12.3. The first-order valence-corrected chi connectivity index (χ1v) is 7.68. The molecule has 0 unspecified atom stereocenters. The number of methoxy groups -OCH3 is 2. The lowest BCUT2D eigenvalue weighted by Gasteiger charge is -2.14. The van der Waals surface area contributed by atoms with Crippen LogP contribution in [0, 0.1) is 0 Å². The van der Waals surface area contributed by atoms with Gasteiger partial charge in [-0.05, 0) is 43.3 Å². The summed E-state index contributed by atoms with van der Waals surface area (Å²) in [6, 6.07) is 13.5. The third kappa shape index (κ3) is 4.97. The molecule has 6 heteroatoms. The monoisotopic (exact) mass is 344 g/mol. The predicted octanol–water partition coefficient (Wildman–Crippen LogP) is 2.90. The van der Waals surface area contributed by atoms with Crippen molar-refractivity contribution >= 4 is 11.8 Å². The summed E-state index contributed by atoms with van der Waals surface area (Å²) in [7, 11) is 3.05. The SMILES string of the molecule is COc1ccc(C(=O)[C@@H](C)OC(=O)COc2ccccc2OC)cc1. The van der Waals surface area contributed by atoms with E-state index in [2.05, 4.69) is 0 Å². The number of benzene rings is 2. The van der Waals surface area contributed by atoms with Gasteiger partial charge in [-0.15, -0.1) is 0 Å². The molecular weight excluding hydrogens is 324 g/mol. The molecule has 0 aliphatic rings. The average molecular weight is 344 g/mol. The fraction of sp³-hybridized carbons (Fsp3) is 0.263. The first kappa shape index (κ1) is 18.3. The summed E-state index contributed by atoms with van der Waals surface area (Å²) in [4.78, 5) is 24.2. The van der Waals surface area contributed by atoms with Crippen molar-refractivity contribution in [1.29, 1.82) is 0 Å². The highest BCUT2D eigenvalue weighted by molar-refractivity contribution is 6.00. The smallest absolute Gasteiger partial charge is 0.344 e. The van der Waals surface area contributed by atoms with Gasteiger partial charge in [0, 0.05) is 5.56 Å². The van der Waals surface area contributed by atoms with Crippen molar-refractivity contribution < 1.29 is 28.5 Å². The number of hydrogen-bond donors (Lipinski definition) is 0. The van der Waals surface area contributed by atoms with Gasteiger partial charge in [-0.3, -0.25) is 4.79 Å². The van der Waals surface area contributed by atoms with Crippen molar-refractivity contribution in [2.75, 3.05) is 20.8 Å². The molecule has 0 aliphatic heterocycles. The van der Waals surface area contributed by atoms with Crippen LogP contribution < -0.4 is 14.2 Å². The second kappa shape index (κ2) is 8.73. The number of Topliss-reactive ketones (excluding diaryl/α,β-unsaturated/α-hetero) is 1. The van der Waals surface area contributed by atoms with Crippen molar-refractivity contribution in [3.8, 4) is 17.2 Å². The number of rotatable bonds is 8. The van der Waals surface area contributed by atoms with Crippen LogP contribution in [0.4, 0.5) is 0 Å². The van der Waals surface area contributed by atoms with E-state index >= 15 is 0 Å². The molecule has 0 N–H and O–H groups in total. The third-order valence-corrected chi connectivity index (χ3v) is 3.47. The van der Waals surface area contributed by atoms with Crippen LogP contribution in [-0.2, 0) is 9.53 Å². The van der Waals surface area contributed by atoms with Gasteiger partial charge in [-0.25, -0.2) is 4.79 Å². The summed E-state index contributed by atoms with van der Waals surface area (Å²) in [6.07, 6.45) is -0.915. The Balaban J connectivity index is 1.89. The molecule has 2 aromatic carbocycles. The minimum Gasteiger partial charge on any atom is -0.497 e. The van der Waals surface area contributed by atoms with Crippen LogP contribution in [0.5, 0.6) is 17.2 Å². The molecular formula is C19H20O6. The molecule has 1 atom stereocenters. The first-order chi connectivity index (χ1) is 12.0. The first-order valence-electron chi connectivity index (χ1n) is 7.68. The van der Waals surface area contributed by atoms with Gasteiger partial charge < -0.3 is 18.9 Å². The fourth-order valence-electron chi connectivity index (χ4n) is 2.15. The number of hydrogen-bond acceptors (Lipinski definition) is 6. The van der Waals surface area contributed by atoms with E-state index in [1.807, 2.05) is 0 Å². The highest BCUT2D eigenvalue weighted by Gasteiger charge is 2.20. The van der Waals surface area contributed by atoms with Crippen LogP contribution in [-0.4, -0.2) is 38.7 Å². The van der Waals surface area contributed by atoms with Gasteiger partial charge in [0.2, 0.25) is 5.78 Å².